The van der Waals surface area contributed by atoms with Crippen LogP contribution in [0, 0.1) is 0 Å². The molecule has 1 N–H and O–H groups in total. The molecule has 0 fully saturated rings. The molecule has 0 saturated carbocycles. The van der Waals surface area contributed by atoms with Crippen molar-refractivity contribution in [1.29, 1.82) is 0 Å². The summed E-state index contributed by atoms with van der Waals surface area (Å²) >= 11 is 7.58. The van der Waals surface area contributed by atoms with E-state index in [4.69, 9.17) is 11.6 Å². The van der Waals surface area contributed by atoms with Gasteiger partial charge in [-0.25, -0.2) is 0 Å². The van der Waals surface area contributed by atoms with Gasteiger partial charge in [0.1, 0.15) is 0 Å². The fourth-order valence-electron chi connectivity index (χ4n) is 1.80. The number of hydrogen-bond acceptors (Lipinski definition) is 2. The van der Waals surface area contributed by atoms with E-state index in [0.29, 0.717) is 5.92 Å². The smallest absolute Gasteiger partial charge is 0.0516 e. The minimum atomic E-state index is 0.634. The first kappa shape index (κ1) is 13.4. The van der Waals surface area contributed by atoms with E-state index in [9.17, 15) is 0 Å². The molecule has 96 valence electrons. The highest BCUT2D eigenvalue weighted by Gasteiger charge is 2.02. The van der Waals surface area contributed by atoms with Crippen LogP contribution < -0.4 is 5.32 Å². The quantitative estimate of drug-likeness (QED) is 0.759. The lowest BCUT2D eigenvalue weighted by molar-refractivity contribution is 0.734. The van der Waals surface area contributed by atoms with Gasteiger partial charge in [-0.3, -0.25) is 0 Å². The second-order valence-electron chi connectivity index (χ2n) is 4.52. The Morgan fingerprint density at radius 1 is 1.28 bits per heavy atom. The van der Waals surface area contributed by atoms with Crippen LogP contribution in [0.5, 0.6) is 0 Å². The first-order chi connectivity index (χ1) is 8.69. The number of halogens is 1. The standard InChI is InChI=1S/C15H18ClNS/c1-3-11(2)12-4-6-14(7-5-12)17-9-15-8-13(16)10-18-15/h4-8,10-11,17H,3,9H2,1-2H3. The van der Waals surface area contributed by atoms with Gasteiger partial charge in [-0.15, -0.1) is 11.3 Å². The highest BCUT2D eigenvalue weighted by molar-refractivity contribution is 7.10. The second kappa shape index (κ2) is 6.26. The summed E-state index contributed by atoms with van der Waals surface area (Å²) in [6.45, 7) is 5.31. The number of hydrogen-bond donors (Lipinski definition) is 1. The van der Waals surface area contributed by atoms with Crippen molar-refractivity contribution in [1.82, 2.24) is 0 Å². The lowest BCUT2D eigenvalue weighted by Crippen LogP contribution is -1.98. The number of nitrogens with one attached hydrogen (secondary N) is 1. The lowest BCUT2D eigenvalue weighted by atomic mass is 9.99. The third-order valence-corrected chi connectivity index (χ3v) is 4.46. The van der Waals surface area contributed by atoms with Gasteiger partial charge in [0.25, 0.3) is 0 Å². The summed E-state index contributed by atoms with van der Waals surface area (Å²) in [6, 6.07) is 10.7. The van der Waals surface area contributed by atoms with E-state index < -0.39 is 0 Å². The Hall–Kier alpha value is -0.990. The van der Waals surface area contributed by atoms with Crippen molar-refractivity contribution in [3.63, 3.8) is 0 Å². The molecular weight excluding hydrogens is 262 g/mol. The van der Waals surface area contributed by atoms with Crippen molar-refractivity contribution in [3.8, 4) is 0 Å². The van der Waals surface area contributed by atoms with Crippen molar-refractivity contribution < 1.29 is 0 Å². The van der Waals surface area contributed by atoms with E-state index in [0.717, 1.165) is 17.3 Å². The van der Waals surface area contributed by atoms with Crippen LogP contribution in [-0.4, -0.2) is 0 Å². The molecule has 1 aromatic carbocycles. The van der Waals surface area contributed by atoms with E-state index >= 15 is 0 Å². The summed E-state index contributed by atoms with van der Waals surface area (Å²) in [5.74, 6) is 0.634. The zero-order chi connectivity index (χ0) is 13.0. The van der Waals surface area contributed by atoms with E-state index in [1.807, 2.05) is 11.4 Å². The summed E-state index contributed by atoms with van der Waals surface area (Å²) in [6.07, 6.45) is 1.18. The molecule has 1 aromatic heterocycles. The molecule has 0 radical (unpaired) electrons. The van der Waals surface area contributed by atoms with Crippen molar-refractivity contribution in [2.45, 2.75) is 32.7 Å². The topological polar surface area (TPSA) is 12.0 Å². The van der Waals surface area contributed by atoms with Gasteiger partial charge in [-0.2, -0.15) is 0 Å². The van der Waals surface area contributed by atoms with Gasteiger partial charge in [-0.05, 0) is 36.1 Å². The second-order valence-corrected chi connectivity index (χ2v) is 5.95. The molecule has 3 heteroatoms. The SMILES string of the molecule is CCC(C)c1ccc(NCc2cc(Cl)cs2)cc1. The average molecular weight is 280 g/mol. The monoisotopic (exact) mass is 279 g/mol. The van der Waals surface area contributed by atoms with Crippen LogP contribution in [0.4, 0.5) is 5.69 Å². The molecule has 0 amide bonds. The van der Waals surface area contributed by atoms with Crippen LogP contribution in [0.3, 0.4) is 0 Å². The highest BCUT2D eigenvalue weighted by atomic mass is 35.5. The average Bonchev–Trinajstić information content (AvgIpc) is 2.82. The first-order valence-electron chi connectivity index (χ1n) is 6.25. The molecule has 0 aliphatic rings. The summed E-state index contributed by atoms with van der Waals surface area (Å²) < 4.78 is 0. The Bertz CT molecular complexity index is 489. The molecule has 1 unspecified atom stereocenters. The van der Waals surface area contributed by atoms with Gasteiger partial charge in [0.2, 0.25) is 0 Å². The molecule has 1 heterocycles. The normalized spacial score (nSPS) is 12.4. The Morgan fingerprint density at radius 3 is 2.56 bits per heavy atom. The minimum absolute atomic E-state index is 0.634. The number of rotatable bonds is 5. The molecule has 1 atom stereocenters. The molecule has 1 nitrogen and oxygen atoms in total. The summed E-state index contributed by atoms with van der Waals surface area (Å²) in [7, 11) is 0. The van der Waals surface area contributed by atoms with E-state index in [1.165, 1.54) is 16.9 Å². The van der Waals surface area contributed by atoms with Gasteiger partial charge in [0, 0.05) is 22.5 Å². The minimum Gasteiger partial charge on any atom is -0.380 e. The largest absolute Gasteiger partial charge is 0.380 e. The van der Waals surface area contributed by atoms with Gasteiger partial charge in [0.05, 0.1) is 5.02 Å². The van der Waals surface area contributed by atoms with Crippen molar-refractivity contribution >= 4 is 28.6 Å². The van der Waals surface area contributed by atoms with Crippen molar-refractivity contribution in [2.24, 2.45) is 0 Å². The summed E-state index contributed by atoms with van der Waals surface area (Å²) in [4.78, 5) is 1.26. The van der Waals surface area contributed by atoms with E-state index in [-0.39, 0.29) is 0 Å². The molecule has 0 aliphatic carbocycles. The third-order valence-electron chi connectivity index (χ3n) is 3.18. The zero-order valence-corrected chi connectivity index (χ0v) is 12.3. The zero-order valence-electron chi connectivity index (χ0n) is 10.7. The maximum absolute atomic E-state index is 5.90. The van der Waals surface area contributed by atoms with Gasteiger partial charge in [-0.1, -0.05) is 37.6 Å². The molecule has 2 aromatic rings. The predicted octanol–water partition coefficient (Wildman–Crippen LogP) is 5.53. The third kappa shape index (κ3) is 3.50. The number of benzene rings is 1. The van der Waals surface area contributed by atoms with Gasteiger partial charge >= 0.3 is 0 Å². The van der Waals surface area contributed by atoms with Gasteiger partial charge < -0.3 is 5.32 Å². The van der Waals surface area contributed by atoms with Crippen LogP contribution >= 0.6 is 22.9 Å². The van der Waals surface area contributed by atoms with Crippen LogP contribution in [0.1, 0.15) is 36.6 Å². The lowest BCUT2D eigenvalue weighted by Gasteiger charge is -2.10. The maximum atomic E-state index is 5.90. The Labute approximate surface area is 118 Å². The summed E-state index contributed by atoms with van der Waals surface area (Å²) in [5.41, 5.74) is 2.56. The van der Waals surface area contributed by atoms with E-state index in [1.54, 1.807) is 11.3 Å². The number of thiophene rings is 1. The molecule has 0 bridgehead atoms. The van der Waals surface area contributed by atoms with Crippen molar-refractivity contribution in [2.75, 3.05) is 5.32 Å². The van der Waals surface area contributed by atoms with Crippen LogP contribution in [0.25, 0.3) is 0 Å². The molecule has 0 spiro atoms. The van der Waals surface area contributed by atoms with E-state index in [2.05, 4.69) is 43.4 Å². The molecular formula is C15H18ClNS. The number of anilines is 1. The van der Waals surface area contributed by atoms with Crippen LogP contribution in [0.2, 0.25) is 5.02 Å². The summed E-state index contributed by atoms with van der Waals surface area (Å²) in [5, 5.41) is 6.20. The van der Waals surface area contributed by atoms with Crippen molar-refractivity contribution in [3.05, 3.63) is 51.2 Å². The Morgan fingerprint density at radius 2 is 2.00 bits per heavy atom. The molecule has 2 rings (SSSR count). The predicted molar refractivity (Wildman–Crippen MR) is 81.8 cm³/mol. The molecule has 0 aliphatic heterocycles. The fourth-order valence-corrected chi connectivity index (χ4v) is 2.81. The Balaban J connectivity index is 1.94. The fraction of sp³-hybridized carbons (Fsp3) is 0.333. The highest BCUT2D eigenvalue weighted by Crippen LogP contribution is 2.22. The Kier molecular flexibility index (Phi) is 4.67. The van der Waals surface area contributed by atoms with Gasteiger partial charge in [0.15, 0.2) is 0 Å². The maximum Gasteiger partial charge on any atom is 0.0516 e. The first-order valence-corrected chi connectivity index (χ1v) is 7.51. The molecule has 18 heavy (non-hydrogen) atoms. The van der Waals surface area contributed by atoms with Crippen LogP contribution in [-0.2, 0) is 6.54 Å². The van der Waals surface area contributed by atoms with Crippen LogP contribution in [0.15, 0.2) is 35.7 Å². The molecule has 0 saturated heterocycles.